The molecular formula is C73H120O12. The number of rotatable bonds is 57. The Balaban J connectivity index is 2.70. The van der Waals surface area contributed by atoms with Gasteiger partial charge in [-0.1, -0.05) is 271 Å². The molecule has 0 aromatic carbocycles. The van der Waals surface area contributed by atoms with Crippen molar-refractivity contribution in [2.75, 3.05) is 13.2 Å². The highest BCUT2D eigenvalue weighted by Crippen LogP contribution is 2.26. The first-order valence-electron chi connectivity index (χ1n) is 33.9. The van der Waals surface area contributed by atoms with Crippen LogP contribution in [0.5, 0.6) is 0 Å². The lowest BCUT2D eigenvalue weighted by Crippen LogP contribution is -2.61. The van der Waals surface area contributed by atoms with E-state index in [1.54, 1.807) is 0 Å². The molecule has 0 saturated carbocycles. The monoisotopic (exact) mass is 1190 g/mol. The summed E-state index contributed by atoms with van der Waals surface area (Å²) in [6.07, 6.45) is 69.1. The molecule has 0 amide bonds. The first-order chi connectivity index (χ1) is 41.6. The van der Waals surface area contributed by atoms with Gasteiger partial charge in [0.05, 0.1) is 6.61 Å². The van der Waals surface area contributed by atoms with Crippen molar-refractivity contribution >= 4 is 23.9 Å². The van der Waals surface area contributed by atoms with Gasteiger partial charge in [0, 0.05) is 19.3 Å². The fourth-order valence-corrected chi connectivity index (χ4v) is 9.70. The van der Waals surface area contributed by atoms with E-state index in [1.807, 2.05) is 18.2 Å². The number of hydrogen-bond donors (Lipinski definition) is 3. The number of aliphatic hydroxyl groups excluding tert-OH is 2. The summed E-state index contributed by atoms with van der Waals surface area (Å²) in [7, 11) is 0. The maximum atomic E-state index is 13.2. The van der Waals surface area contributed by atoms with E-state index in [0.29, 0.717) is 25.7 Å². The molecular weight excluding hydrogens is 1070 g/mol. The van der Waals surface area contributed by atoms with Gasteiger partial charge in [-0.05, 0) is 96.3 Å². The van der Waals surface area contributed by atoms with Crippen molar-refractivity contribution in [2.45, 2.75) is 314 Å². The Bertz CT molecular complexity index is 1890. The third kappa shape index (κ3) is 49.1. The highest BCUT2D eigenvalue weighted by molar-refractivity contribution is 5.74. The summed E-state index contributed by atoms with van der Waals surface area (Å²) in [5, 5.41) is 31.6. The molecule has 0 aromatic rings. The fraction of sp³-hybridized carbons (Fsp3) is 0.699. The van der Waals surface area contributed by atoms with E-state index >= 15 is 0 Å². The van der Waals surface area contributed by atoms with Crippen LogP contribution in [0.1, 0.15) is 278 Å². The predicted molar refractivity (Wildman–Crippen MR) is 349 cm³/mol. The van der Waals surface area contributed by atoms with Crippen molar-refractivity contribution in [3.63, 3.8) is 0 Å². The molecule has 0 aromatic heterocycles. The minimum atomic E-state index is -1.94. The maximum Gasteiger partial charge on any atom is 0.335 e. The van der Waals surface area contributed by atoms with Crippen molar-refractivity contribution < 1.29 is 58.2 Å². The molecule has 6 unspecified atom stereocenters. The number of aliphatic carboxylic acids is 1. The zero-order valence-corrected chi connectivity index (χ0v) is 53.6. The summed E-state index contributed by atoms with van der Waals surface area (Å²) in [6, 6.07) is 0. The van der Waals surface area contributed by atoms with Crippen LogP contribution in [0.2, 0.25) is 0 Å². The molecule has 1 aliphatic heterocycles. The van der Waals surface area contributed by atoms with Crippen molar-refractivity contribution in [1.82, 2.24) is 0 Å². The van der Waals surface area contributed by atoms with E-state index in [4.69, 9.17) is 23.7 Å². The lowest BCUT2D eigenvalue weighted by molar-refractivity contribution is -0.301. The number of esters is 3. The van der Waals surface area contributed by atoms with Gasteiger partial charge in [0.25, 0.3) is 0 Å². The summed E-state index contributed by atoms with van der Waals surface area (Å²) in [5.41, 5.74) is 0. The van der Waals surface area contributed by atoms with E-state index in [0.717, 1.165) is 103 Å². The molecule has 0 spiro atoms. The smallest absolute Gasteiger partial charge is 0.335 e. The normalized spacial score (nSPS) is 18.2. The quantitative estimate of drug-likeness (QED) is 0.0228. The SMILES string of the molecule is CC/C=C\C/C=C\C/C=C\C/C=C\C/C=C\C/C=C\CCC(=O)OC1C(OCC(COC(=O)CCCCCCCC/C=C\C/C=C\C/C=C\CCCCC)OC(=O)CCCCCCCCCCCCCCCCCCC)OC(C(=O)O)C(O)C1O. The Kier molecular flexibility index (Phi) is 55.1. The first kappa shape index (κ1) is 78.4. The highest BCUT2D eigenvalue weighted by atomic mass is 16.7. The Morgan fingerprint density at radius 3 is 1.20 bits per heavy atom. The van der Waals surface area contributed by atoms with Gasteiger partial charge in [0.1, 0.15) is 18.8 Å². The van der Waals surface area contributed by atoms with Crippen LogP contribution in [0.15, 0.2) is 109 Å². The molecule has 3 N–H and O–H groups in total. The minimum absolute atomic E-state index is 0.0695. The maximum absolute atomic E-state index is 13.2. The van der Waals surface area contributed by atoms with E-state index in [1.165, 1.54) is 109 Å². The molecule has 12 heteroatoms. The largest absolute Gasteiger partial charge is 0.479 e. The van der Waals surface area contributed by atoms with E-state index in [2.05, 4.69) is 112 Å². The van der Waals surface area contributed by atoms with Gasteiger partial charge in [-0.2, -0.15) is 0 Å². The second-order valence-corrected chi connectivity index (χ2v) is 22.7. The molecule has 0 radical (unpaired) electrons. The average Bonchev–Trinajstić information content (AvgIpc) is 2.79. The van der Waals surface area contributed by atoms with E-state index in [9.17, 15) is 34.5 Å². The zero-order chi connectivity index (χ0) is 61.7. The third-order valence-corrected chi connectivity index (χ3v) is 14.8. The number of ether oxygens (including phenoxy) is 5. The van der Waals surface area contributed by atoms with Crippen molar-refractivity contribution in [3.05, 3.63) is 109 Å². The van der Waals surface area contributed by atoms with Crippen molar-refractivity contribution in [1.29, 1.82) is 0 Å². The average molecular weight is 1190 g/mol. The molecule has 1 saturated heterocycles. The predicted octanol–water partition coefficient (Wildman–Crippen LogP) is 18.6. The van der Waals surface area contributed by atoms with E-state index in [-0.39, 0.29) is 25.9 Å². The minimum Gasteiger partial charge on any atom is -0.479 e. The van der Waals surface area contributed by atoms with Crippen LogP contribution in [-0.4, -0.2) is 89.2 Å². The summed E-state index contributed by atoms with van der Waals surface area (Å²) in [4.78, 5) is 51.4. The van der Waals surface area contributed by atoms with Crippen LogP contribution in [0.25, 0.3) is 0 Å². The number of hydrogen-bond acceptors (Lipinski definition) is 11. The van der Waals surface area contributed by atoms with Gasteiger partial charge in [-0.25, -0.2) is 4.79 Å². The number of carbonyl (C=O) groups is 4. The van der Waals surface area contributed by atoms with Gasteiger partial charge in [0.15, 0.2) is 24.6 Å². The molecule has 85 heavy (non-hydrogen) atoms. The third-order valence-electron chi connectivity index (χ3n) is 14.8. The fourth-order valence-electron chi connectivity index (χ4n) is 9.70. The van der Waals surface area contributed by atoms with Crippen LogP contribution in [0, 0.1) is 0 Å². The molecule has 6 atom stereocenters. The zero-order valence-electron chi connectivity index (χ0n) is 53.6. The first-order valence-corrected chi connectivity index (χ1v) is 33.9. The molecule has 484 valence electrons. The van der Waals surface area contributed by atoms with Gasteiger partial charge in [-0.15, -0.1) is 0 Å². The summed E-state index contributed by atoms with van der Waals surface area (Å²) in [5.74, 6) is -3.24. The topological polar surface area (TPSA) is 175 Å². The standard InChI is InChI=1S/C73H120O12/c1-4-7-10-13-16-19-22-25-28-31-33-36-38-41-44-47-50-53-56-59-65(74)81-62-64(83-66(75)60-57-54-51-48-45-42-39-35-30-27-24-21-18-15-12-9-6-3)63-82-73-71(69(78)68(77)70(85-73)72(79)80)84-67(76)61-58-55-52-49-46-43-40-37-34-32-29-26-23-20-17-14-11-8-5-2/h8,11,16-17,19-20,25-26,28-29,33-34,36-37,43,46,52,55,64,68-71,73,77-78H,4-7,9-10,12-15,18,21-24,27,30-32,35,38-42,44-45,47-51,53-54,56-63H2,1-3H3,(H,79,80)/b11-8-,19-16-,20-17-,28-25-,29-26-,36-33-,37-34-,46-43-,55-52-. The Morgan fingerprint density at radius 2 is 0.765 bits per heavy atom. The molecule has 12 nitrogen and oxygen atoms in total. The van der Waals surface area contributed by atoms with E-state index < -0.39 is 67.3 Å². The van der Waals surface area contributed by atoms with Crippen LogP contribution in [0.3, 0.4) is 0 Å². The van der Waals surface area contributed by atoms with Gasteiger partial charge >= 0.3 is 23.9 Å². The Morgan fingerprint density at radius 1 is 0.400 bits per heavy atom. The van der Waals surface area contributed by atoms with Gasteiger partial charge in [-0.3, -0.25) is 14.4 Å². The Hall–Kier alpha value is -4.62. The second kappa shape index (κ2) is 59.7. The number of allylic oxidation sites excluding steroid dienone is 18. The van der Waals surface area contributed by atoms with Gasteiger partial charge < -0.3 is 39.0 Å². The van der Waals surface area contributed by atoms with Crippen LogP contribution >= 0.6 is 0 Å². The number of carboxylic acid groups (broad SMARTS) is 1. The van der Waals surface area contributed by atoms with Crippen LogP contribution in [0.4, 0.5) is 0 Å². The second-order valence-electron chi connectivity index (χ2n) is 22.7. The summed E-state index contributed by atoms with van der Waals surface area (Å²) < 4.78 is 28.5. The van der Waals surface area contributed by atoms with Gasteiger partial charge in [0.2, 0.25) is 0 Å². The molecule has 1 fully saturated rings. The summed E-state index contributed by atoms with van der Waals surface area (Å²) >= 11 is 0. The molecule has 1 aliphatic rings. The van der Waals surface area contributed by atoms with Crippen molar-refractivity contribution in [2.24, 2.45) is 0 Å². The molecule has 1 rings (SSSR count). The highest BCUT2D eigenvalue weighted by Gasteiger charge is 2.50. The summed E-state index contributed by atoms with van der Waals surface area (Å²) in [6.45, 7) is 5.85. The Labute approximate surface area is 516 Å². The number of carbonyl (C=O) groups excluding carboxylic acids is 3. The number of carboxylic acids is 1. The van der Waals surface area contributed by atoms with Crippen LogP contribution in [-0.2, 0) is 42.9 Å². The van der Waals surface area contributed by atoms with Crippen LogP contribution < -0.4 is 0 Å². The molecule has 1 heterocycles. The molecule has 0 bridgehead atoms. The molecule has 0 aliphatic carbocycles. The lowest BCUT2D eigenvalue weighted by Gasteiger charge is -2.40. The lowest BCUT2D eigenvalue weighted by atomic mass is 9.98. The number of aliphatic hydroxyl groups is 2. The number of unbranched alkanes of at least 4 members (excludes halogenated alkanes) is 25. The van der Waals surface area contributed by atoms with Crippen molar-refractivity contribution in [3.8, 4) is 0 Å².